The third-order valence-corrected chi connectivity index (χ3v) is 8.75. The number of benzene rings is 1. The minimum Gasteiger partial charge on any atom is -0.489 e. The number of aryl methyl sites for hydroxylation is 1. The number of hydrogen-bond donors (Lipinski definition) is 1. The number of pyridine rings is 1. The second-order valence-electron chi connectivity index (χ2n) is 10.2. The first kappa shape index (κ1) is 27.6. The van der Waals surface area contributed by atoms with Crippen molar-refractivity contribution in [2.75, 3.05) is 19.6 Å². The van der Waals surface area contributed by atoms with Gasteiger partial charge in [0.1, 0.15) is 11.9 Å². The van der Waals surface area contributed by atoms with E-state index in [9.17, 15) is 14.4 Å². The molecule has 2 N–H and O–H groups in total. The number of carbonyl (C=O) groups is 3. The number of likely N-dealkylation sites (tertiary alicyclic amines) is 2. The number of rotatable bonds is 9. The molecule has 0 unspecified atom stereocenters. The Hall–Kier alpha value is -3.01. The summed E-state index contributed by atoms with van der Waals surface area (Å²) in [5.74, 6) is 0.708. The number of hydrogen-bond acceptors (Lipinski definition) is 7. The smallest absolute Gasteiger partial charge is 0.230 e. The summed E-state index contributed by atoms with van der Waals surface area (Å²) in [5.41, 5.74) is 9.13. The normalized spacial score (nSPS) is 16.5. The van der Waals surface area contributed by atoms with Crippen LogP contribution in [-0.2, 0) is 20.9 Å². The molecule has 2 aliphatic heterocycles. The highest BCUT2D eigenvalue weighted by molar-refractivity contribution is 7.19. The molecule has 0 aliphatic carbocycles. The first-order chi connectivity index (χ1) is 18.8. The van der Waals surface area contributed by atoms with Gasteiger partial charge in [-0.3, -0.25) is 24.3 Å². The van der Waals surface area contributed by atoms with E-state index in [1.807, 2.05) is 36.1 Å². The first-order valence-electron chi connectivity index (χ1n) is 13.5. The molecule has 4 heterocycles. The number of piperidine rings is 1. The number of imide groups is 1. The SMILES string of the molecule is Cc1cc(Cl)cc(-c2ccnc3cc(CN4C(=O)CCC4=O)sc23)c1OC1CCN(C(=O)CCCCN)CC1. The van der Waals surface area contributed by atoms with E-state index < -0.39 is 0 Å². The standard InChI is InChI=1S/C29H33ClN4O4S/c1-18-14-19(30)15-23(28(18)38-20-8-12-33(13-9-20)25(35)4-2-3-10-31)22-7-11-32-24-16-21(39-29(22)24)17-34-26(36)5-6-27(34)37/h7,11,14-16,20H,2-6,8-10,12-13,17,31H2,1H3. The molecule has 2 aliphatic rings. The number of nitrogens with two attached hydrogens (primary N) is 1. The molecular formula is C29H33ClN4O4S. The van der Waals surface area contributed by atoms with Crippen LogP contribution >= 0.6 is 22.9 Å². The summed E-state index contributed by atoms with van der Waals surface area (Å²) >= 11 is 8.05. The highest BCUT2D eigenvalue weighted by atomic mass is 35.5. The molecule has 206 valence electrons. The Balaban J connectivity index is 1.37. The number of nitrogens with zero attached hydrogens (tertiary/aromatic N) is 3. The second kappa shape index (κ2) is 12.0. The molecule has 0 radical (unpaired) electrons. The van der Waals surface area contributed by atoms with E-state index in [1.54, 1.807) is 6.20 Å². The van der Waals surface area contributed by atoms with Crippen molar-refractivity contribution in [2.24, 2.45) is 5.73 Å². The van der Waals surface area contributed by atoms with Gasteiger partial charge in [0.05, 0.1) is 16.8 Å². The van der Waals surface area contributed by atoms with Crippen LogP contribution in [-0.4, -0.2) is 58.2 Å². The lowest BCUT2D eigenvalue weighted by molar-refractivity contribution is -0.139. The summed E-state index contributed by atoms with van der Waals surface area (Å²) in [5, 5.41) is 0.614. The number of halogens is 1. The first-order valence-corrected chi connectivity index (χ1v) is 14.7. The Morgan fingerprint density at radius 2 is 1.87 bits per heavy atom. The number of amides is 3. The van der Waals surface area contributed by atoms with Crippen LogP contribution in [0, 0.1) is 6.92 Å². The lowest BCUT2D eigenvalue weighted by atomic mass is 10.0. The van der Waals surface area contributed by atoms with Gasteiger partial charge in [0.2, 0.25) is 17.7 Å². The summed E-state index contributed by atoms with van der Waals surface area (Å²) < 4.78 is 7.57. The van der Waals surface area contributed by atoms with Gasteiger partial charge in [0.15, 0.2) is 0 Å². The quantitative estimate of drug-likeness (QED) is 0.285. The highest BCUT2D eigenvalue weighted by Crippen LogP contribution is 2.42. The molecule has 5 rings (SSSR count). The van der Waals surface area contributed by atoms with E-state index in [2.05, 4.69) is 4.98 Å². The number of thiophene rings is 1. The fourth-order valence-electron chi connectivity index (χ4n) is 5.29. The highest BCUT2D eigenvalue weighted by Gasteiger charge is 2.30. The van der Waals surface area contributed by atoms with Gasteiger partial charge in [0, 0.05) is 72.4 Å². The molecule has 1 aromatic carbocycles. The Morgan fingerprint density at radius 1 is 1.13 bits per heavy atom. The zero-order valence-corrected chi connectivity index (χ0v) is 23.7. The van der Waals surface area contributed by atoms with Crippen LogP contribution in [0.3, 0.4) is 0 Å². The van der Waals surface area contributed by atoms with Crippen LogP contribution in [0.25, 0.3) is 21.3 Å². The van der Waals surface area contributed by atoms with E-state index in [1.165, 1.54) is 16.2 Å². The number of ether oxygens (including phenoxy) is 1. The molecule has 2 aromatic heterocycles. The third-order valence-electron chi connectivity index (χ3n) is 7.39. The van der Waals surface area contributed by atoms with E-state index in [4.69, 9.17) is 22.1 Å². The van der Waals surface area contributed by atoms with Gasteiger partial charge in [0.25, 0.3) is 0 Å². The third kappa shape index (κ3) is 6.10. The second-order valence-corrected chi connectivity index (χ2v) is 11.8. The molecule has 2 fully saturated rings. The molecule has 2 saturated heterocycles. The van der Waals surface area contributed by atoms with Gasteiger partial charge in [-0.1, -0.05) is 11.6 Å². The minimum atomic E-state index is -0.130. The zero-order valence-electron chi connectivity index (χ0n) is 22.1. The fourth-order valence-corrected chi connectivity index (χ4v) is 6.69. The predicted molar refractivity (Wildman–Crippen MR) is 153 cm³/mol. The van der Waals surface area contributed by atoms with Crippen molar-refractivity contribution >= 4 is 50.9 Å². The summed E-state index contributed by atoms with van der Waals surface area (Å²) in [6.07, 6.45) is 6.06. The molecule has 39 heavy (non-hydrogen) atoms. The van der Waals surface area contributed by atoms with Gasteiger partial charge < -0.3 is 15.4 Å². The van der Waals surface area contributed by atoms with Crippen molar-refractivity contribution in [3.63, 3.8) is 0 Å². The van der Waals surface area contributed by atoms with Crippen molar-refractivity contribution < 1.29 is 19.1 Å². The summed E-state index contributed by atoms with van der Waals surface area (Å²) in [6, 6.07) is 7.72. The molecule has 8 nitrogen and oxygen atoms in total. The van der Waals surface area contributed by atoms with Crippen molar-refractivity contribution in [1.29, 1.82) is 0 Å². The lowest BCUT2D eigenvalue weighted by Crippen LogP contribution is -2.41. The lowest BCUT2D eigenvalue weighted by Gasteiger charge is -2.33. The number of carbonyl (C=O) groups excluding carboxylic acids is 3. The zero-order chi connectivity index (χ0) is 27.5. The van der Waals surface area contributed by atoms with Crippen molar-refractivity contribution in [3.05, 3.63) is 45.9 Å². The Bertz CT molecular complexity index is 1380. The number of unbranched alkanes of at least 4 members (excludes halogenated alkanes) is 1. The van der Waals surface area contributed by atoms with Crippen molar-refractivity contribution in [1.82, 2.24) is 14.8 Å². The molecule has 0 bridgehead atoms. The van der Waals surface area contributed by atoms with E-state index >= 15 is 0 Å². The Kier molecular flexibility index (Phi) is 8.49. The molecule has 0 atom stereocenters. The number of fused-ring (bicyclic) bond motifs is 1. The fraction of sp³-hybridized carbons (Fsp3) is 0.448. The van der Waals surface area contributed by atoms with Crippen LogP contribution in [0.5, 0.6) is 5.75 Å². The minimum absolute atomic E-state index is 0.0138. The maximum atomic E-state index is 12.5. The Morgan fingerprint density at radius 3 is 2.59 bits per heavy atom. The average molecular weight is 569 g/mol. The summed E-state index contributed by atoms with van der Waals surface area (Å²) in [6.45, 7) is 4.22. The molecule has 3 amide bonds. The molecule has 0 saturated carbocycles. The maximum Gasteiger partial charge on any atom is 0.230 e. The van der Waals surface area contributed by atoms with Gasteiger partial charge in [-0.15, -0.1) is 11.3 Å². The topological polar surface area (TPSA) is 106 Å². The van der Waals surface area contributed by atoms with Crippen LogP contribution in [0.15, 0.2) is 30.5 Å². The van der Waals surface area contributed by atoms with Gasteiger partial charge in [-0.2, -0.15) is 0 Å². The van der Waals surface area contributed by atoms with Gasteiger partial charge in [-0.05, 0) is 56.1 Å². The summed E-state index contributed by atoms with van der Waals surface area (Å²) in [7, 11) is 0. The van der Waals surface area contributed by atoms with E-state index in [-0.39, 0.29) is 43.2 Å². The molecule has 0 spiro atoms. The molecular weight excluding hydrogens is 536 g/mol. The van der Waals surface area contributed by atoms with Crippen LogP contribution < -0.4 is 10.5 Å². The largest absolute Gasteiger partial charge is 0.489 e. The van der Waals surface area contributed by atoms with E-state index in [0.29, 0.717) is 31.1 Å². The van der Waals surface area contributed by atoms with Gasteiger partial charge in [-0.25, -0.2) is 0 Å². The number of aromatic nitrogens is 1. The van der Waals surface area contributed by atoms with E-state index in [0.717, 1.165) is 63.2 Å². The van der Waals surface area contributed by atoms with Gasteiger partial charge >= 0.3 is 0 Å². The monoisotopic (exact) mass is 568 g/mol. The van der Waals surface area contributed by atoms with Crippen molar-refractivity contribution in [3.8, 4) is 16.9 Å². The van der Waals surface area contributed by atoms with Crippen LogP contribution in [0.2, 0.25) is 5.02 Å². The Labute approximate surface area is 237 Å². The van der Waals surface area contributed by atoms with Crippen LogP contribution in [0.1, 0.15) is 55.4 Å². The van der Waals surface area contributed by atoms with Crippen LogP contribution in [0.4, 0.5) is 0 Å². The molecule has 3 aromatic rings. The average Bonchev–Trinajstić information content (AvgIpc) is 3.48. The summed E-state index contributed by atoms with van der Waals surface area (Å²) in [4.78, 5) is 45.5. The predicted octanol–water partition coefficient (Wildman–Crippen LogP) is 5.07. The maximum absolute atomic E-state index is 12.5. The molecule has 10 heteroatoms. The van der Waals surface area contributed by atoms with Crippen molar-refractivity contribution in [2.45, 2.75) is 64.5 Å².